The molecular weight excluding hydrogens is 240 g/mol. The molecule has 0 spiro atoms. The van der Waals surface area contributed by atoms with E-state index in [0.29, 0.717) is 12.5 Å². The Bertz CT molecular complexity index is 338. The van der Waals surface area contributed by atoms with Crippen LogP contribution in [0.5, 0.6) is 0 Å². The fraction of sp³-hybridized carbons (Fsp3) is 0.933. The zero-order valence-electron chi connectivity index (χ0n) is 11.9. The lowest BCUT2D eigenvalue weighted by Gasteiger charge is -2.43. The molecule has 3 fully saturated rings. The van der Waals surface area contributed by atoms with Gasteiger partial charge in [-0.05, 0) is 44.4 Å². The van der Waals surface area contributed by atoms with E-state index >= 15 is 0 Å². The van der Waals surface area contributed by atoms with Crippen molar-refractivity contribution in [2.24, 2.45) is 17.1 Å². The monoisotopic (exact) mass is 266 g/mol. The summed E-state index contributed by atoms with van der Waals surface area (Å²) in [5, 5.41) is 0. The second kappa shape index (κ2) is 5.06. The average Bonchev–Trinajstić information content (AvgIpc) is 2.78. The van der Waals surface area contributed by atoms with Crippen molar-refractivity contribution in [2.75, 3.05) is 19.6 Å². The third kappa shape index (κ3) is 2.40. The van der Waals surface area contributed by atoms with E-state index < -0.39 is 0 Å². The molecule has 0 aromatic heterocycles. The lowest BCUT2D eigenvalue weighted by Crippen LogP contribution is -2.54. The largest absolute Gasteiger partial charge is 0.371 e. The number of hydrogen-bond donors (Lipinski definition) is 1. The van der Waals surface area contributed by atoms with E-state index in [9.17, 15) is 4.79 Å². The predicted molar refractivity (Wildman–Crippen MR) is 73.6 cm³/mol. The number of carbonyl (C=O) groups excluding carboxylic acids is 1. The molecule has 4 heteroatoms. The van der Waals surface area contributed by atoms with E-state index in [2.05, 4.69) is 11.8 Å². The zero-order chi connectivity index (χ0) is 13.5. The lowest BCUT2D eigenvalue weighted by molar-refractivity contribution is -0.152. The summed E-state index contributed by atoms with van der Waals surface area (Å²) in [6, 6.07) is 0. The Hall–Kier alpha value is -0.610. The van der Waals surface area contributed by atoms with Crippen LogP contribution in [0.4, 0.5) is 0 Å². The van der Waals surface area contributed by atoms with Gasteiger partial charge >= 0.3 is 0 Å². The molecule has 2 aliphatic heterocycles. The highest BCUT2D eigenvalue weighted by Crippen LogP contribution is 2.40. The molecule has 3 aliphatic rings. The molecule has 2 saturated heterocycles. The Balaban J connectivity index is 1.71. The minimum atomic E-state index is -0.275. The van der Waals surface area contributed by atoms with Gasteiger partial charge in [-0.1, -0.05) is 6.92 Å². The maximum Gasteiger partial charge on any atom is 0.230 e. The van der Waals surface area contributed by atoms with E-state index in [1.165, 1.54) is 0 Å². The number of nitrogens with two attached hydrogens (primary N) is 1. The van der Waals surface area contributed by atoms with E-state index in [-0.39, 0.29) is 17.6 Å². The van der Waals surface area contributed by atoms with Gasteiger partial charge in [-0.2, -0.15) is 0 Å². The van der Waals surface area contributed by atoms with Gasteiger partial charge in [0.1, 0.15) is 0 Å². The van der Waals surface area contributed by atoms with Gasteiger partial charge in [-0.3, -0.25) is 4.79 Å². The van der Waals surface area contributed by atoms with Crippen LogP contribution in [0, 0.1) is 11.3 Å². The fourth-order valence-corrected chi connectivity index (χ4v) is 3.94. The van der Waals surface area contributed by atoms with Crippen molar-refractivity contribution in [3.05, 3.63) is 0 Å². The number of amides is 1. The summed E-state index contributed by atoms with van der Waals surface area (Å²) in [6.45, 7) is 4.35. The number of likely N-dealkylation sites (tertiary alicyclic amines) is 1. The Morgan fingerprint density at radius 1 is 1.21 bits per heavy atom. The molecule has 1 saturated carbocycles. The standard InChI is InChI=1S/C15H26N2O2/c1-11-4-6-15(10-16,7-5-11)14(18)17-8-12-2-3-13(9-17)19-12/h11-13H,2-10,16H2,1H3. The Morgan fingerprint density at radius 3 is 2.32 bits per heavy atom. The molecule has 2 bridgehead atoms. The summed E-state index contributed by atoms with van der Waals surface area (Å²) in [4.78, 5) is 15.0. The van der Waals surface area contributed by atoms with E-state index in [4.69, 9.17) is 10.5 Å². The molecule has 2 N–H and O–H groups in total. The number of ether oxygens (including phenoxy) is 1. The molecule has 19 heavy (non-hydrogen) atoms. The Labute approximate surface area is 115 Å². The molecular formula is C15H26N2O2. The van der Waals surface area contributed by atoms with Gasteiger partial charge in [-0.15, -0.1) is 0 Å². The smallest absolute Gasteiger partial charge is 0.230 e. The van der Waals surface area contributed by atoms with Crippen LogP contribution in [-0.2, 0) is 9.53 Å². The van der Waals surface area contributed by atoms with Gasteiger partial charge in [0.25, 0.3) is 0 Å². The minimum absolute atomic E-state index is 0.275. The molecule has 2 atom stereocenters. The van der Waals surface area contributed by atoms with E-state index in [1.807, 2.05) is 0 Å². The quantitative estimate of drug-likeness (QED) is 0.824. The highest BCUT2D eigenvalue weighted by Gasteiger charge is 2.45. The molecule has 0 aromatic carbocycles. The number of hydrogen-bond acceptors (Lipinski definition) is 3. The van der Waals surface area contributed by atoms with Crippen molar-refractivity contribution >= 4 is 5.91 Å². The Kier molecular flexibility index (Phi) is 3.56. The molecule has 0 radical (unpaired) electrons. The fourth-order valence-electron chi connectivity index (χ4n) is 3.94. The zero-order valence-corrected chi connectivity index (χ0v) is 11.9. The second-order valence-electron chi connectivity index (χ2n) is 6.83. The van der Waals surface area contributed by atoms with Crippen LogP contribution in [0.15, 0.2) is 0 Å². The van der Waals surface area contributed by atoms with Crippen LogP contribution < -0.4 is 5.73 Å². The van der Waals surface area contributed by atoms with Crippen molar-refractivity contribution in [3.8, 4) is 0 Å². The SMILES string of the molecule is CC1CCC(CN)(C(=O)N2CC3CCC(C2)O3)CC1. The predicted octanol–water partition coefficient (Wildman–Crippen LogP) is 1.53. The first-order valence-corrected chi connectivity index (χ1v) is 7.78. The maximum absolute atomic E-state index is 12.9. The summed E-state index contributed by atoms with van der Waals surface area (Å²) >= 11 is 0. The average molecular weight is 266 g/mol. The van der Waals surface area contributed by atoms with Crippen molar-refractivity contribution < 1.29 is 9.53 Å². The van der Waals surface area contributed by atoms with Gasteiger partial charge in [0, 0.05) is 19.6 Å². The molecule has 2 unspecified atom stereocenters. The van der Waals surface area contributed by atoms with Crippen LogP contribution in [0.2, 0.25) is 0 Å². The van der Waals surface area contributed by atoms with Crippen molar-refractivity contribution in [1.29, 1.82) is 0 Å². The molecule has 1 aliphatic carbocycles. The molecule has 2 heterocycles. The Morgan fingerprint density at radius 2 is 1.79 bits per heavy atom. The third-order valence-corrected chi connectivity index (χ3v) is 5.41. The van der Waals surface area contributed by atoms with E-state index in [1.54, 1.807) is 0 Å². The lowest BCUT2D eigenvalue weighted by atomic mass is 9.70. The summed E-state index contributed by atoms with van der Waals surface area (Å²) in [5.41, 5.74) is 5.72. The van der Waals surface area contributed by atoms with Crippen LogP contribution >= 0.6 is 0 Å². The molecule has 108 valence electrons. The molecule has 1 amide bonds. The van der Waals surface area contributed by atoms with Crippen molar-refractivity contribution in [3.63, 3.8) is 0 Å². The van der Waals surface area contributed by atoms with Crippen LogP contribution in [0.25, 0.3) is 0 Å². The number of fused-ring (bicyclic) bond motifs is 2. The second-order valence-corrected chi connectivity index (χ2v) is 6.83. The summed E-state index contributed by atoms with van der Waals surface area (Å²) in [7, 11) is 0. The van der Waals surface area contributed by atoms with Gasteiger partial charge in [-0.25, -0.2) is 0 Å². The molecule has 3 rings (SSSR count). The number of carbonyl (C=O) groups is 1. The van der Waals surface area contributed by atoms with Gasteiger partial charge in [0.2, 0.25) is 5.91 Å². The number of rotatable bonds is 2. The highest BCUT2D eigenvalue weighted by atomic mass is 16.5. The highest BCUT2D eigenvalue weighted by molar-refractivity contribution is 5.83. The minimum Gasteiger partial charge on any atom is -0.371 e. The normalized spacial score (nSPS) is 42.4. The van der Waals surface area contributed by atoms with Crippen molar-refractivity contribution in [1.82, 2.24) is 4.90 Å². The van der Waals surface area contributed by atoms with Crippen molar-refractivity contribution in [2.45, 2.75) is 57.7 Å². The van der Waals surface area contributed by atoms with Gasteiger partial charge in [0.05, 0.1) is 17.6 Å². The summed E-state index contributed by atoms with van der Waals surface area (Å²) < 4.78 is 5.82. The number of morpholine rings is 1. The topological polar surface area (TPSA) is 55.6 Å². The number of nitrogens with zero attached hydrogens (tertiary/aromatic N) is 1. The third-order valence-electron chi connectivity index (χ3n) is 5.41. The van der Waals surface area contributed by atoms with Gasteiger partial charge < -0.3 is 15.4 Å². The molecule has 4 nitrogen and oxygen atoms in total. The summed E-state index contributed by atoms with van der Waals surface area (Å²) in [5.74, 6) is 1.05. The first-order valence-electron chi connectivity index (χ1n) is 7.78. The summed E-state index contributed by atoms with van der Waals surface area (Å²) in [6.07, 6.45) is 6.99. The van der Waals surface area contributed by atoms with Crippen LogP contribution in [0.1, 0.15) is 45.4 Å². The molecule has 0 aromatic rings. The van der Waals surface area contributed by atoms with Gasteiger partial charge in [0.15, 0.2) is 0 Å². The first-order chi connectivity index (χ1) is 9.13. The van der Waals surface area contributed by atoms with Crippen LogP contribution in [0.3, 0.4) is 0 Å². The maximum atomic E-state index is 12.9. The van der Waals surface area contributed by atoms with E-state index in [0.717, 1.165) is 57.5 Å². The van der Waals surface area contributed by atoms with Crippen LogP contribution in [-0.4, -0.2) is 42.6 Å². The first kappa shape index (κ1) is 13.4.